The zero-order valence-electron chi connectivity index (χ0n) is 19.5. The van der Waals surface area contributed by atoms with Gasteiger partial charge in [-0.05, 0) is 43.2 Å². The number of benzene rings is 1. The summed E-state index contributed by atoms with van der Waals surface area (Å²) in [5.41, 5.74) is 1.08. The van der Waals surface area contributed by atoms with Gasteiger partial charge in [0, 0.05) is 57.8 Å². The lowest BCUT2D eigenvalue weighted by Gasteiger charge is -2.25. The molecule has 1 aromatic heterocycles. The molecule has 0 spiro atoms. The summed E-state index contributed by atoms with van der Waals surface area (Å²) in [4.78, 5) is 31.5. The van der Waals surface area contributed by atoms with E-state index in [2.05, 4.69) is 11.8 Å². The molecule has 1 atom stereocenters. The third-order valence-corrected chi connectivity index (χ3v) is 6.38. The smallest absolute Gasteiger partial charge is 0.289 e. The highest BCUT2D eigenvalue weighted by molar-refractivity contribution is 5.91. The highest BCUT2D eigenvalue weighted by atomic mass is 16.5. The maximum absolute atomic E-state index is 13.0. The molecule has 3 heterocycles. The molecule has 1 fully saturated rings. The predicted octanol–water partition coefficient (Wildman–Crippen LogP) is 3.03. The van der Waals surface area contributed by atoms with Gasteiger partial charge in [-0.15, -0.1) is 0 Å². The molecule has 33 heavy (non-hydrogen) atoms. The second-order valence-electron chi connectivity index (χ2n) is 8.61. The molecule has 2 aliphatic rings. The van der Waals surface area contributed by atoms with Crippen LogP contribution in [0.1, 0.15) is 42.3 Å². The van der Waals surface area contributed by atoms with Crippen molar-refractivity contribution >= 4 is 11.8 Å². The van der Waals surface area contributed by atoms with Crippen LogP contribution in [0.25, 0.3) is 0 Å². The van der Waals surface area contributed by atoms with Crippen molar-refractivity contribution in [3.63, 3.8) is 0 Å². The van der Waals surface area contributed by atoms with Gasteiger partial charge < -0.3 is 23.7 Å². The van der Waals surface area contributed by atoms with Gasteiger partial charge in [-0.25, -0.2) is 0 Å². The van der Waals surface area contributed by atoms with Gasteiger partial charge in [0.1, 0.15) is 17.6 Å². The fourth-order valence-corrected chi connectivity index (χ4v) is 4.45. The van der Waals surface area contributed by atoms with Crippen molar-refractivity contribution < 1.29 is 23.5 Å². The molecule has 0 aliphatic carbocycles. The Balaban J connectivity index is 1.33. The molecule has 1 saturated heterocycles. The second-order valence-corrected chi connectivity index (χ2v) is 8.61. The van der Waals surface area contributed by atoms with Gasteiger partial charge in [-0.2, -0.15) is 0 Å². The van der Waals surface area contributed by atoms with Crippen LogP contribution in [0.3, 0.4) is 0 Å². The fraction of sp³-hybridized carbons (Fsp3) is 0.520. The van der Waals surface area contributed by atoms with Gasteiger partial charge in [-0.1, -0.05) is 6.92 Å². The number of carbonyl (C=O) groups is 2. The molecule has 0 radical (unpaired) electrons. The highest BCUT2D eigenvalue weighted by Gasteiger charge is 2.26. The van der Waals surface area contributed by atoms with E-state index >= 15 is 0 Å². The minimum Gasteiger partial charge on any atom is -0.497 e. The van der Waals surface area contributed by atoms with Crippen LogP contribution in [0.5, 0.6) is 11.5 Å². The number of fused-ring (bicyclic) bond motifs is 1. The van der Waals surface area contributed by atoms with E-state index in [0.29, 0.717) is 44.9 Å². The number of rotatable bonds is 6. The molecule has 0 N–H and O–H groups in total. The van der Waals surface area contributed by atoms with Crippen LogP contribution in [0.2, 0.25) is 0 Å². The predicted molar refractivity (Wildman–Crippen MR) is 123 cm³/mol. The van der Waals surface area contributed by atoms with E-state index < -0.39 is 0 Å². The number of ether oxygens (including phenoxy) is 2. The first kappa shape index (κ1) is 23.2. The zero-order chi connectivity index (χ0) is 23.2. The molecular weight excluding hydrogens is 422 g/mol. The van der Waals surface area contributed by atoms with Crippen LogP contribution in [0.15, 0.2) is 41.0 Å². The molecule has 4 rings (SSSR count). The lowest BCUT2D eigenvalue weighted by molar-refractivity contribution is -0.131. The molecule has 2 amide bonds. The summed E-state index contributed by atoms with van der Waals surface area (Å²) in [6.45, 7) is 6.66. The van der Waals surface area contributed by atoms with E-state index in [9.17, 15) is 9.59 Å². The molecule has 2 aliphatic heterocycles. The van der Waals surface area contributed by atoms with Crippen molar-refractivity contribution in [3.05, 3.63) is 47.9 Å². The number of amides is 2. The Morgan fingerprint density at radius 3 is 2.70 bits per heavy atom. The van der Waals surface area contributed by atoms with Gasteiger partial charge >= 0.3 is 0 Å². The molecule has 0 saturated carbocycles. The summed E-state index contributed by atoms with van der Waals surface area (Å²) >= 11 is 0. The van der Waals surface area contributed by atoms with Crippen molar-refractivity contribution in [2.24, 2.45) is 0 Å². The quantitative estimate of drug-likeness (QED) is 0.667. The van der Waals surface area contributed by atoms with Gasteiger partial charge in [0.2, 0.25) is 5.91 Å². The Morgan fingerprint density at radius 2 is 1.94 bits per heavy atom. The highest BCUT2D eigenvalue weighted by Crippen LogP contribution is 2.29. The Labute approximate surface area is 195 Å². The normalized spacial score (nSPS) is 19.3. The summed E-state index contributed by atoms with van der Waals surface area (Å²) in [6, 6.07) is 9.30. The monoisotopic (exact) mass is 455 g/mol. The van der Waals surface area contributed by atoms with E-state index in [0.717, 1.165) is 43.0 Å². The summed E-state index contributed by atoms with van der Waals surface area (Å²) < 4.78 is 16.8. The Morgan fingerprint density at radius 1 is 1.12 bits per heavy atom. The summed E-state index contributed by atoms with van der Waals surface area (Å²) in [6.07, 6.45) is 3.71. The number of hydrogen-bond donors (Lipinski definition) is 0. The van der Waals surface area contributed by atoms with Crippen molar-refractivity contribution in [1.82, 2.24) is 14.7 Å². The number of hydrogen-bond acceptors (Lipinski definition) is 6. The Hall–Kier alpha value is -3.00. The number of methoxy groups -OCH3 is 1. The lowest BCUT2D eigenvalue weighted by atomic mass is 10.1. The van der Waals surface area contributed by atoms with Crippen molar-refractivity contribution in [2.75, 3.05) is 46.4 Å². The SMILES string of the molecule is CCC1CN(CCC(=O)N2CCCN(C(=O)c3ccco3)CC2)Cc2cc(OC)ccc2O1. The van der Waals surface area contributed by atoms with E-state index in [4.69, 9.17) is 13.9 Å². The topological polar surface area (TPSA) is 75.5 Å². The van der Waals surface area contributed by atoms with Crippen LogP contribution in [0, 0.1) is 0 Å². The third-order valence-electron chi connectivity index (χ3n) is 6.38. The van der Waals surface area contributed by atoms with E-state index in [1.807, 2.05) is 23.1 Å². The van der Waals surface area contributed by atoms with Crippen molar-refractivity contribution in [2.45, 2.75) is 38.8 Å². The number of furan rings is 1. The summed E-state index contributed by atoms with van der Waals surface area (Å²) in [5.74, 6) is 2.07. The van der Waals surface area contributed by atoms with E-state index in [-0.39, 0.29) is 17.9 Å². The first-order chi connectivity index (χ1) is 16.1. The first-order valence-corrected chi connectivity index (χ1v) is 11.7. The van der Waals surface area contributed by atoms with Crippen LogP contribution < -0.4 is 9.47 Å². The molecule has 8 nitrogen and oxygen atoms in total. The molecule has 1 unspecified atom stereocenters. The largest absolute Gasteiger partial charge is 0.497 e. The average Bonchev–Trinajstić information content (AvgIpc) is 3.17. The van der Waals surface area contributed by atoms with Gasteiger partial charge in [0.25, 0.3) is 5.91 Å². The maximum Gasteiger partial charge on any atom is 0.289 e. The zero-order valence-corrected chi connectivity index (χ0v) is 19.5. The maximum atomic E-state index is 13.0. The van der Waals surface area contributed by atoms with Gasteiger partial charge in [0.15, 0.2) is 5.76 Å². The first-order valence-electron chi connectivity index (χ1n) is 11.7. The van der Waals surface area contributed by atoms with Crippen LogP contribution >= 0.6 is 0 Å². The molecular formula is C25H33N3O5. The van der Waals surface area contributed by atoms with Crippen LogP contribution in [0.4, 0.5) is 0 Å². The average molecular weight is 456 g/mol. The van der Waals surface area contributed by atoms with Crippen LogP contribution in [-0.4, -0.2) is 79.0 Å². The standard InChI is InChI=1S/C25H33N3O5/c1-3-20-18-26(17-19-16-21(31-2)7-8-22(19)33-20)12-9-24(29)27-10-5-11-28(14-13-27)25(30)23-6-4-15-32-23/h4,6-8,15-16,20H,3,5,9-14,17-18H2,1-2H3. The summed E-state index contributed by atoms with van der Waals surface area (Å²) in [5, 5.41) is 0. The fourth-order valence-electron chi connectivity index (χ4n) is 4.45. The molecule has 8 heteroatoms. The molecule has 0 bridgehead atoms. The van der Waals surface area contributed by atoms with Gasteiger partial charge in [-0.3, -0.25) is 14.5 Å². The van der Waals surface area contributed by atoms with E-state index in [1.165, 1.54) is 6.26 Å². The van der Waals surface area contributed by atoms with Crippen molar-refractivity contribution in [3.8, 4) is 11.5 Å². The lowest BCUT2D eigenvalue weighted by Crippen LogP contribution is -2.39. The summed E-state index contributed by atoms with van der Waals surface area (Å²) in [7, 11) is 1.66. The van der Waals surface area contributed by atoms with Gasteiger partial charge in [0.05, 0.1) is 13.4 Å². The molecule has 1 aromatic carbocycles. The van der Waals surface area contributed by atoms with Crippen LogP contribution in [-0.2, 0) is 11.3 Å². The Bertz CT molecular complexity index is 946. The second kappa shape index (κ2) is 10.7. The minimum atomic E-state index is -0.112. The Kier molecular flexibility index (Phi) is 7.54. The minimum absolute atomic E-state index is 0.0918. The number of carbonyl (C=O) groups excluding carboxylic acids is 2. The number of nitrogens with zero attached hydrogens (tertiary/aromatic N) is 3. The van der Waals surface area contributed by atoms with Crippen molar-refractivity contribution in [1.29, 1.82) is 0 Å². The third kappa shape index (κ3) is 5.68. The van der Waals surface area contributed by atoms with E-state index in [1.54, 1.807) is 24.1 Å². The molecule has 2 aromatic rings. The molecule has 178 valence electrons.